The van der Waals surface area contributed by atoms with Crippen molar-refractivity contribution >= 4 is 28.9 Å². The lowest BCUT2D eigenvalue weighted by Gasteiger charge is -2.12. The Balaban J connectivity index is 1.89. The van der Waals surface area contributed by atoms with E-state index in [-0.39, 0.29) is 18.0 Å². The summed E-state index contributed by atoms with van der Waals surface area (Å²) < 4.78 is 38.3. The average molecular weight is 357 g/mol. The largest absolute Gasteiger partial charge is 0.417 e. The molecular formula is C17H16ClF3N2O. The predicted molar refractivity (Wildman–Crippen MR) is 89.4 cm³/mol. The maximum atomic E-state index is 12.8. The third-order valence-corrected chi connectivity index (χ3v) is 3.62. The summed E-state index contributed by atoms with van der Waals surface area (Å²) >= 11 is 5.54. The first-order valence-electron chi connectivity index (χ1n) is 7.23. The second-order valence-corrected chi connectivity index (χ2v) is 5.69. The van der Waals surface area contributed by atoms with Gasteiger partial charge in [-0.15, -0.1) is 0 Å². The lowest BCUT2D eigenvalue weighted by atomic mass is 10.2. The molecule has 0 fully saturated rings. The molecule has 128 valence electrons. The van der Waals surface area contributed by atoms with Gasteiger partial charge in [-0.25, -0.2) is 0 Å². The van der Waals surface area contributed by atoms with Crippen LogP contribution in [0.3, 0.4) is 0 Å². The van der Waals surface area contributed by atoms with Gasteiger partial charge in [0.2, 0.25) is 5.91 Å². The van der Waals surface area contributed by atoms with Gasteiger partial charge >= 0.3 is 6.18 Å². The molecule has 2 aromatic carbocycles. The molecule has 2 N–H and O–H groups in total. The topological polar surface area (TPSA) is 41.1 Å². The molecule has 0 heterocycles. The van der Waals surface area contributed by atoms with Crippen molar-refractivity contribution in [2.75, 3.05) is 17.2 Å². The van der Waals surface area contributed by atoms with E-state index in [1.807, 2.05) is 31.2 Å². The number of hydrogen-bond acceptors (Lipinski definition) is 2. The minimum Gasteiger partial charge on any atom is -0.385 e. The molecule has 2 aromatic rings. The Labute approximate surface area is 142 Å². The minimum atomic E-state index is -4.56. The van der Waals surface area contributed by atoms with Gasteiger partial charge in [0.1, 0.15) is 0 Å². The van der Waals surface area contributed by atoms with Gasteiger partial charge in [0.15, 0.2) is 0 Å². The van der Waals surface area contributed by atoms with Gasteiger partial charge in [0, 0.05) is 24.3 Å². The zero-order chi connectivity index (χ0) is 17.7. The van der Waals surface area contributed by atoms with Crippen molar-refractivity contribution in [1.82, 2.24) is 0 Å². The number of aryl methyl sites for hydroxylation is 1. The monoisotopic (exact) mass is 356 g/mol. The summed E-state index contributed by atoms with van der Waals surface area (Å²) in [6.07, 6.45) is -4.44. The molecule has 0 radical (unpaired) electrons. The molecule has 7 heteroatoms. The van der Waals surface area contributed by atoms with Gasteiger partial charge in [-0.05, 0) is 37.3 Å². The lowest BCUT2D eigenvalue weighted by molar-refractivity contribution is -0.137. The highest BCUT2D eigenvalue weighted by Gasteiger charge is 2.33. The van der Waals surface area contributed by atoms with E-state index in [0.717, 1.165) is 23.4 Å². The van der Waals surface area contributed by atoms with E-state index < -0.39 is 16.8 Å². The Morgan fingerprint density at radius 3 is 2.33 bits per heavy atom. The molecule has 0 aliphatic carbocycles. The molecule has 0 saturated carbocycles. The first kappa shape index (κ1) is 18.1. The number of carbonyl (C=O) groups excluding carboxylic acids is 1. The van der Waals surface area contributed by atoms with E-state index >= 15 is 0 Å². The van der Waals surface area contributed by atoms with Gasteiger partial charge in [-0.2, -0.15) is 13.2 Å². The molecule has 2 rings (SSSR count). The Bertz CT molecular complexity index is 715. The van der Waals surface area contributed by atoms with Crippen LogP contribution >= 0.6 is 11.6 Å². The van der Waals surface area contributed by atoms with Crippen molar-refractivity contribution < 1.29 is 18.0 Å². The van der Waals surface area contributed by atoms with E-state index in [1.165, 1.54) is 6.07 Å². The highest BCUT2D eigenvalue weighted by Crippen LogP contribution is 2.36. The SMILES string of the molecule is Cc1ccc(NCCC(=O)Nc2ccc(Cl)c(C(F)(F)F)c2)cc1. The zero-order valence-corrected chi connectivity index (χ0v) is 13.6. The molecule has 0 spiro atoms. The summed E-state index contributed by atoms with van der Waals surface area (Å²) in [5.41, 5.74) is 1.09. The molecule has 0 aromatic heterocycles. The number of alkyl halides is 3. The van der Waals surface area contributed by atoms with E-state index in [2.05, 4.69) is 10.6 Å². The van der Waals surface area contributed by atoms with E-state index in [4.69, 9.17) is 11.6 Å². The number of rotatable bonds is 5. The normalized spacial score (nSPS) is 11.2. The van der Waals surface area contributed by atoms with Crippen molar-refractivity contribution in [1.29, 1.82) is 0 Å². The number of anilines is 2. The van der Waals surface area contributed by atoms with Crippen molar-refractivity contribution in [3.8, 4) is 0 Å². The quantitative estimate of drug-likeness (QED) is 0.781. The van der Waals surface area contributed by atoms with E-state index in [1.54, 1.807) is 0 Å². The summed E-state index contributed by atoms with van der Waals surface area (Å²) in [7, 11) is 0. The summed E-state index contributed by atoms with van der Waals surface area (Å²) in [5, 5.41) is 5.11. The first-order valence-corrected chi connectivity index (χ1v) is 7.60. The lowest BCUT2D eigenvalue weighted by Crippen LogP contribution is -2.17. The van der Waals surface area contributed by atoms with Crippen LogP contribution in [0.15, 0.2) is 42.5 Å². The minimum absolute atomic E-state index is 0.0621. The Morgan fingerprint density at radius 1 is 1.08 bits per heavy atom. The van der Waals surface area contributed by atoms with Crippen LogP contribution in [0.5, 0.6) is 0 Å². The van der Waals surface area contributed by atoms with Crippen molar-refractivity contribution in [2.45, 2.75) is 19.5 Å². The first-order chi connectivity index (χ1) is 11.3. The Morgan fingerprint density at radius 2 is 1.71 bits per heavy atom. The van der Waals surface area contributed by atoms with Crippen molar-refractivity contribution in [3.63, 3.8) is 0 Å². The third-order valence-electron chi connectivity index (χ3n) is 3.29. The molecule has 0 bridgehead atoms. The van der Waals surface area contributed by atoms with Gasteiger partial charge in [0.05, 0.1) is 10.6 Å². The molecule has 0 unspecified atom stereocenters. The van der Waals surface area contributed by atoms with E-state index in [9.17, 15) is 18.0 Å². The highest BCUT2D eigenvalue weighted by molar-refractivity contribution is 6.31. The van der Waals surface area contributed by atoms with Crippen molar-refractivity contribution in [2.24, 2.45) is 0 Å². The van der Waals surface area contributed by atoms with Crippen LogP contribution in [0.2, 0.25) is 5.02 Å². The van der Waals surface area contributed by atoms with Crippen LogP contribution in [0, 0.1) is 6.92 Å². The summed E-state index contributed by atoms with van der Waals surface area (Å²) in [6, 6.07) is 10.9. The zero-order valence-electron chi connectivity index (χ0n) is 12.9. The van der Waals surface area contributed by atoms with Gasteiger partial charge in [0.25, 0.3) is 0 Å². The van der Waals surface area contributed by atoms with Crippen molar-refractivity contribution in [3.05, 3.63) is 58.6 Å². The fraction of sp³-hybridized carbons (Fsp3) is 0.235. The molecule has 24 heavy (non-hydrogen) atoms. The van der Waals surface area contributed by atoms with Crippen LogP contribution in [-0.4, -0.2) is 12.5 Å². The summed E-state index contributed by atoms with van der Waals surface area (Å²) in [4.78, 5) is 11.8. The number of nitrogens with one attached hydrogen (secondary N) is 2. The number of carbonyl (C=O) groups is 1. The molecule has 0 saturated heterocycles. The summed E-state index contributed by atoms with van der Waals surface area (Å²) in [6.45, 7) is 2.34. The fourth-order valence-corrected chi connectivity index (χ4v) is 2.26. The predicted octanol–water partition coefficient (Wildman–Crippen LogP) is 5.11. The van der Waals surface area contributed by atoms with Gasteiger partial charge in [-0.1, -0.05) is 29.3 Å². The molecule has 1 amide bonds. The third kappa shape index (κ3) is 5.16. The molecule has 0 aliphatic rings. The van der Waals surface area contributed by atoms with Crippen LogP contribution in [0.4, 0.5) is 24.5 Å². The van der Waals surface area contributed by atoms with E-state index in [0.29, 0.717) is 6.54 Å². The highest BCUT2D eigenvalue weighted by atomic mass is 35.5. The fourth-order valence-electron chi connectivity index (χ4n) is 2.04. The van der Waals surface area contributed by atoms with Gasteiger partial charge in [-0.3, -0.25) is 4.79 Å². The maximum Gasteiger partial charge on any atom is 0.417 e. The average Bonchev–Trinajstić information content (AvgIpc) is 2.50. The number of halogens is 4. The number of hydrogen-bond donors (Lipinski definition) is 2. The molecule has 0 atom stereocenters. The molecule has 0 aliphatic heterocycles. The maximum absolute atomic E-state index is 12.8. The van der Waals surface area contributed by atoms with Crippen LogP contribution in [0.1, 0.15) is 17.5 Å². The Hall–Kier alpha value is -2.21. The standard InChI is InChI=1S/C17H16ClF3N2O/c1-11-2-4-12(5-3-11)22-9-8-16(24)23-13-6-7-15(18)14(10-13)17(19,20)21/h2-7,10,22H,8-9H2,1H3,(H,23,24). The van der Waals surface area contributed by atoms with Crippen LogP contribution in [0.25, 0.3) is 0 Å². The molecular weight excluding hydrogens is 341 g/mol. The second kappa shape index (κ2) is 7.57. The smallest absolute Gasteiger partial charge is 0.385 e. The second-order valence-electron chi connectivity index (χ2n) is 5.28. The van der Waals surface area contributed by atoms with Crippen LogP contribution in [-0.2, 0) is 11.0 Å². The van der Waals surface area contributed by atoms with Gasteiger partial charge < -0.3 is 10.6 Å². The number of benzene rings is 2. The number of amides is 1. The molecule has 3 nitrogen and oxygen atoms in total. The van der Waals surface area contributed by atoms with Crippen LogP contribution < -0.4 is 10.6 Å². The summed E-state index contributed by atoms with van der Waals surface area (Å²) in [5.74, 6) is -0.384. The Kier molecular flexibility index (Phi) is 5.72.